The molecule has 0 radical (unpaired) electrons. The predicted octanol–water partition coefficient (Wildman–Crippen LogP) is 3.65. The van der Waals surface area contributed by atoms with Crippen molar-refractivity contribution in [3.63, 3.8) is 0 Å². The molecule has 0 saturated carbocycles. The third kappa shape index (κ3) is 4.17. The van der Waals surface area contributed by atoms with Gasteiger partial charge in [-0.1, -0.05) is 18.2 Å². The van der Waals surface area contributed by atoms with Gasteiger partial charge in [-0.2, -0.15) is 0 Å². The molecule has 2 aromatic carbocycles. The highest BCUT2D eigenvalue weighted by Gasteiger charge is 2.11. The van der Waals surface area contributed by atoms with Crippen molar-refractivity contribution in [3.05, 3.63) is 64.5 Å². The summed E-state index contributed by atoms with van der Waals surface area (Å²) in [7, 11) is 0. The highest BCUT2D eigenvalue weighted by molar-refractivity contribution is 5.50. The van der Waals surface area contributed by atoms with Gasteiger partial charge in [-0.05, 0) is 25.1 Å². The molecule has 5 nitrogen and oxygen atoms in total. The van der Waals surface area contributed by atoms with Crippen LogP contribution in [0.15, 0.2) is 48.5 Å². The van der Waals surface area contributed by atoms with Crippen LogP contribution in [0.3, 0.4) is 0 Å². The second-order valence-electron chi connectivity index (χ2n) is 4.71. The summed E-state index contributed by atoms with van der Waals surface area (Å²) in [5.41, 5.74) is 0.979. The molecule has 2 N–H and O–H groups in total. The van der Waals surface area contributed by atoms with Crippen molar-refractivity contribution in [2.24, 2.45) is 0 Å². The minimum absolute atomic E-state index is 0.0713. The van der Waals surface area contributed by atoms with Crippen molar-refractivity contribution >= 4 is 17.1 Å². The summed E-state index contributed by atoms with van der Waals surface area (Å²) in [6, 6.07) is 13.3. The number of nitrogens with zero attached hydrogens (tertiary/aromatic N) is 1. The van der Waals surface area contributed by atoms with Crippen molar-refractivity contribution in [3.8, 4) is 0 Å². The average molecular weight is 289 g/mol. The van der Waals surface area contributed by atoms with Crippen LogP contribution in [-0.4, -0.2) is 17.5 Å². The SMILES string of the molecule is CC(CNc1ccc([N+](=O)[O-])cc1F)Nc1ccccc1. The van der Waals surface area contributed by atoms with E-state index in [2.05, 4.69) is 10.6 Å². The molecule has 1 atom stereocenters. The number of nitro benzene ring substituents is 1. The second kappa shape index (κ2) is 6.69. The molecular formula is C15H16FN3O2. The van der Waals surface area contributed by atoms with Gasteiger partial charge in [0.1, 0.15) is 0 Å². The van der Waals surface area contributed by atoms with Gasteiger partial charge >= 0.3 is 0 Å². The predicted molar refractivity (Wildman–Crippen MR) is 81.1 cm³/mol. The Bertz CT molecular complexity index is 620. The van der Waals surface area contributed by atoms with Gasteiger partial charge < -0.3 is 10.6 Å². The fourth-order valence-corrected chi connectivity index (χ4v) is 1.89. The van der Waals surface area contributed by atoms with E-state index in [1.165, 1.54) is 12.1 Å². The summed E-state index contributed by atoms with van der Waals surface area (Å²) in [5, 5.41) is 16.7. The van der Waals surface area contributed by atoms with Crippen molar-refractivity contribution in [1.82, 2.24) is 0 Å². The van der Waals surface area contributed by atoms with Crippen LogP contribution in [0.25, 0.3) is 0 Å². The summed E-state index contributed by atoms with van der Waals surface area (Å²) < 4.78 is 13.7. The molecule has 0 fully saturated rings. The molecule has 0 saturated heterocycles. The molecule has 0 amide bonds. The van der Waals surface area contributed by atoms with Crippen molar-refractivity contribution in [2.75, 3.05) is 17.2 Å². The summed E-state index contributed by atoms with van der Waals surface area (Å²) >= 11 is 0. The second-order valence-corrected chi connectivity index (χ2v) is 4.71. The number of hydrogen-bond donors (Lipinski definition) is 2. The third-order valence-electron chi connectivity index (χ3n) is 2.95. The molecule has 0 aliphatic rings. The Balaban J connectivity index is 1.92. The zero-order chi connectivity index (χ0) is 15.2. The number of hydrogen-bond acceptors (Lipinski definition) is 4. The van der Waals surface area contributed by atoms with E-state index in [1.807, 2.05) is 37.3 Å². The lowest BCUT2D eigenvalue weighted by atomic mass is 10.2. The van der Waals surface area contributed by atoms with Crippen LogP contribution in [-0.2, 0) is 0 Å². The molecule has 1 unspecified atom stereocenters. The van der Waals surface area contributed by atoms with Crippen molar-refractivity contribution in [2.45, 2.75) is 13.0 Å². The molecule has 0 heterocycles. The van der Waals surface area contributed by atoms with E-state index >= 15 is 0 Å². The fraction of sp³-hybridized carbons (Fsp3) is 0.200. The zero-order valence-electron chi connectivity index (χ0n) is 11.5. The first-order chi connectivity index (χ1) is 10.1. The van der Waals surface area contributed by atoms with Crippen LogP contribution in [0, 0.1) is 15.9 Å². The first-order valence-electron chi connectivity index (χ1n) is 6.55. The van der Waals surface area contributed by atoms with Gasteiger partial charge in [-0.3, -0.25) is 10.1 Å². The summed E-state index contributed by atoms with van der Waals surface area (Å²) in [4.78, 5) is 9.92. The quantitative estimate of drug-likeness (QED) is 0.629. The van der Waals surface area contributed by atoms with Crippen LogP contribution in [0.5, 0.6) is 0 Å². The van der Waals surface area contributed by atoms with Gasteiger partial charge in [0.15, 0.2) is 5.82 Å². The Morgan fingerprint density at radius 2 is 1.95 bits per heavy atom. The Kier molecular flexibility index (Phi) is 4.71. The minimum atomic E-state index is -0.629. The van der Waals surface area contributed by atoms with E-state index < -0.39 is 10.7 Å². The van der Waals surface area contributed by atoms with E-state index in [0.29, 0.717) is 6.54 Å². The maximum Gasteiger partial charge on any atom is 0.272 e. The van der Waals surface area contributed by atoms with E-state index in [0.717, 1.165) is 11.8 Å². The molecule has 0 bridgehead atoms. The Hall–Kier alpha value is -2.63. The molecule has 2 aromatic rings. The fourth-order valence-electron chi connectivity index (χ4n) is 1.89. The number of nitrogens with one attached hydrogen (secondary N) is 2. The smallest absolute Gasteiger partial charge is 0.272 e. The van der Waals surface area contributed by atoms with E-state index in [-0.39, 0.29) is 17.4 Å². The number of benzene rings is 2. The topological polar surface area (TPSA) is 67.2 Å². The maximum atomic E-state index is 13.7. The number of halogens is 1. The molecule has 21 heavy (non-hydrogen) atoms. The number of anilines is 2. The van der Waals surface area contributed by atoms with Gasteiger partial charge in [0.05, 0.1) is 16.7 Å². The van der Waals surface area contributed by atoms with Crippen molar-refractivity contribution < 1.29 is 9.31 Å². The van der Waals surface area contributed by atoms with E-state index in [1.54, 1.807) is 0 Å². The van der Waals surface area contributed by atoms with Gasteiger partial charge in [0.25, 0.3) is 5.69 Å². The molecule has 0 aliphatic carbocycles. The van der Waals surface area contributed by atoms with Crippen molar-refractivity contribution in [1.29, 1.82) is 0 Å². The van der Waals surface area contributed by atoms with Crippen LogP contribution < -0.4 is 10.6 Å². The van der Waals surface area contributed by atoms with E-state index in [4.69, 9.17) is 0 Å². The monoisotopic (exact) mass is 289 g/mol. The highest BCUT2D eigenvalue weighted by Crippen LogP contribution is 2.20. The molecule has 0 spiro atoms. The number of rotatable bonds is 6. The van der Waals surface area contributed by atoms with Gasteiger partial charge in [-0.15, -0.1) is 0 Å². The first-order valence-corrected chi connectivity index (χ1v) is 6.55. The van der Waals surface area contributed by atoms with Crippen LogP contribution in [0.2, 0.25) is 0 Å². The lowest BCUT2D eigenvalue weighted by Gasteiger charge is -2.17. The molecule has 2 rings (SSSR count). The number of para-hydroxylation sites is 1. The molecular weight excluding hydrogens is 273 g/mol. The minimum Gasteiger partial charge on any atom is -0.381 e. The standard InChI is InChI=1S/C15H16FN3O2/c1-11(18-12-5-3-2-4-6-12)10-17-15-8-7-13(19(20)21)9-14(15)16/h2-9,11,17-18H,10H2,1H3. The Morgan fingerprint density at radius 3 is 2.57 bits per heavy atom. The first kappa shape index (κ1) is 14.8. The largest absolute Gasteiger partial charge is 0.381 e. The molecule has 110 valence electrons. The van der Waals surface area contributed by atoms with Gasteiger partial charge in [0.2, 0.25) is 0 Å². The molecule has 0 aromatic heterocycles. The average Bonchev–Trinajstić information content (AvgIpc) is 2.47. The Morgan fingerprint density at radius 1 is 1.24 bits per heavy atom. The maximum absolute atomic E-state index is 13.7. The third-order valence-corrected chi connectivity index (χ3v) is 2.95. The van der Waals surface area contributed by atoms with Gasteiger partial charge in [0, 0.05) is 24.3 Å². The number of non-ortho nitro benzene ring substituents is 1. The Labute approximate surface area is 122 Å². The summed E-state index contributed by atoms with van der Waals surface area (Å²) in [5.74, 6) is -0.629. The molecule has 0 aliphatic heterocycles. The summed E-state index contributed by atoms with van der Waals surface area (Å²) in [6.45, 7) is 2.45. The lowest BCUT2D eigenvalue weighted by molar-refractivity contribution is -0.385. The summed E-state index contributed by atoms with van der Waals surface area (Å²) in [6.07, 6.45) is 0. The lowest BCUT2D eigenvalue weighted by Crippen LogP contribution is -2.25. The van der Waals surface area contributed by atoms with Crippen LogP contribution >= 0.6 is 0 Å². The molecule has 6 heteroatoms. The van der Waals surface area contributed by atoms with Crippen LogP contribution in [0.4, 0.5) is 21.5 Å². The van der Waals surface area contributed by atoms with E-state index in [9.17, 15) is 14.5 Å². The zero-order valence-corrected chi connectivity index (χ0v) is 11.5. The normalized spacial score (nSPS) is 11.7. The van der Waals surface area contributed by atoms with Crippen LogP contribution in [0.1, 0.15) is 6.92 Å². The number of nitro groups is 1. The highest BCUT2D eigenvalue weighted by atomic mass is 19.1. The van der Waals surface area contributed by atoms with Gasteiger partial charge in [-0.25, -0.2) is 4.39 Å².